The monoisotopic (exact) mass is 266 g/mol. The van der Waals surface area contributed by atoms with Gasteiger partial charge in [0.05, 0.1) is 5.41 Å². The van der Waals surface area contributed by atoms with Gasteiger partial charge in [-0.2, -0.15) is 0 Å². The molecule has 0 heterocycles. The second kappa shape index (κ2) is 6.25. The van der Waals surface area contributed by atoms with Gasteiger partial charge >= 0.3 is 0 Å². The summed E-state index contributed by atoms with van der Waals surface area (Å²) in [6.45, 7) is 4.95. The minimum Gasteiger partial charge on any atom is -0.353 e. The molecule has 3 nitrogen and oxygen atoms in total. The van der Waals surface area contributed by atoms with Crippen LogP contribution in [0.4, 0.5) is 0 Å². The molecule has 0 spiro atoms. The Morgan fingerprint density at radius 2 is 1.84 bits per heavy atom. The van der Waals surface area contributed by atoms with Gasteiger partial charge in [-0.05, 0) is 57.3 Å². The minimum absolute atomic E-state index is 0.223. The Morgan fingerprint density at radius 1 is 1.26 bits per heavy atom. The van der Waals surface area contributed by atoms with Crippen molar-refractivity contribution >= 4 is 5.91 Å². The van der Waals surface area contributed by atoms with E-state index in [4.69, 9.17) is 5.73 Å². The van der Waals surface area contributed by atoms with Gasteiger partial charge in [0, 0.05) is 12.6 Å². The average molecular weight is 266 g/mol. The van der Waals surface area contributed by atoms with Crippen LogP contribution in [-0.4, -0.2) is 18.5 Å². The van der Waals surface area contributed by atoms with Crippen LogP contribution in [0.1, 0.15) is 65.2 Å². The molecule has 110 valence electrons. The molecule has 2 fully saturated rings. The molecular formula is C16H30N2O. The number of nitrogens with two attached hydrogens (primary N) is 1. The molecule has 2 aliphatic rings. The third-order valence-electron chi connectivity index (χ3n) is 5.57. The fourth-order valence-corrected chi connectivity index (χ4v) is 3.77. The first-order valence-corrected chi connectivity index (χ1v) is 8.08. The van der Waals surface area contributed by atoms with Crippen molar-refractivity contribution in [3.05, 3.63) is 0 Å². The Morgan fingerprint density at radius 3 is 2.37 bits per heavy atom. The first-order chi connectivity index (χ1) is 9.07. The van der Waals surface area contributed by atoms with E-state index < -0.39 is 0 Å². The molecule has 0 saturated heterocycles. The standard InChI is InChI=1S/C16H30N2O/c1-12-7-9-16(11-17,10-8-12)15(19)18-13(2)14-5-3-4-6-14/h12-14H,3-11,17H2,1-2H3,(H,18,19)/t12?,13-,16?/m1/s1. The number of hydrogen-bond donors (Lipinski definition) is 2. The van der Waals surface area contributed by atoms with E-state index >= 15 is 0 Å². The van der Waals surface area contributed by atoms with Crippen LogP contribution >= 0.6 is 0 Å². The van der Waals surface area contributed by atoms with E-state index in [1.807, 2.05) is 0 Å². The number of hydrogen-bond acceptors (Lipinski definition) is 2. The molecule has 2 aliphatic carbocycles. The molecule has 1 atom stereocenters. The zero-order valence-corrected chi connectivity index (χ0v) is 12.6. The van der Waals surface area contributed by atoms with Gasteiger partial charge in [-0.3, -0.25) is 4.79 Å². The van der Waals surface area contributed by atoms with Crippen LogP contribution in [0.25, 0.3) is 0 Å². The van der Waals surface area contributed by atoms with Crippen LogP contribution in [0.5, 0.6) is 0 Å². The predicted octanol–water partition coefficient (Wildman–Crippen LogP) is 2.84. The van der Waals surface area contributed by atoms with Crippen molar-refractivity contribution in [1.29, 1.82) is 0 Å². The Hall–Kier alpha value is -0.570. The molecule has 0 aliphatic heterocycles. The molecule has 3 N–H and O–H groups in total. The summed E-state index contributed by atoms with van der Waals surface area (Å²) in [5, 5.41) is 3.28. The van der Waals surface area contributed by atoms with Crippen molar-refractivity contribution in [3.63, 3.8) is 0 Å². The molecule has 2 rings (SSSR count). The molecule has 0 aromatic rings. The lowest BCUT2D eigenvalue weighted by atomic mass is 9.70. The fraction of sp³-hybridized carbons (Fsp3) is 0.938. The summed E-state index contributed by atoms with van der Waals surface area (Å²) in [4.78, 5) is 12.6. The van der Waals surface area contributed by atoms with Crippen LogP contribution in [0.15, 0.2) is 0 Å². The normalized spacial score (nSPS) is 34.2. The van der Waals surface area contributed by atoms with E-state index in [9.17, 15) is 4.79 Å². The van der Waals surface area contributed by atoms with Crippen LogP contribution < -0.4 is 11.1 Å². The van der Waals surface area contributed by atoms with Gasteiger partial charge in [0.2, 0.25) is 5.91 Å². The molecule has 0 aromatic carbocycles. The van der Waals surface area contributed by atoms with E-state index in [1.165, 1.54) is 25.7 Å². The lowest BCUT2D eigenvalue weighted by Gasteiger charge is -2.38. The second-order valence-electron chi connectivity index (χ2n) is 6.97. The van der Waals surface area contributed by atoms with Gasteiger partial charge < -0.3 is 11.1 Å². The maximum atomic E-state index is 12.6. The molecular weight excluding hydrogens is 236 g/mol. The molecule has 1 amide bonds. The van der Waals surface area contributed by atoms with E-state index in [0.717, 1.165) is 31.6 Å². The first kappa shape index (κ1) is 14.8. The summed E-state index contributed by atoms with van der Waals surface area (Å²) < 4.78 is 0. The molecule has 0 bridgehead atoms. The third kappa shape index (κ3) is 3.31. The highest BCUT2D eigenvalue weighted by Gasteiger charge is 2.40. The van der Waals surface area contributed by atoms with E-state index in [-0.39, 0.29) is 11.3 Å². The maximum Gasteiger partial charge on any atom is 0.227 e. The number of carbonyl (C=O) groups excluding carboxylic acids is 1. The summed E-state index contributed by atoms with van der Waals surface area (Å²) in [7, 11) is 0. The topological polar surface area (TPSA) is 55.1 Å². The minimum atomic E-state index is -0.278. The molecule has 0 radical (unpaired) electrons. The Balaban J connectivity index is 1.92. The summed E-state index contributed by atoms with van der Waals surface area (Å²) in [6, 6.07) is 0.317. The highest BCUT2D eigenvalue weighted by molar-refractivity contribution is 5.83. The first-order valence-electron chi connectivity index (χ1n) is 8.08. The van der Waals surface area contributed by atoms with Gasteiger partial charge in [0.15, 0.2) is 0 Å². The second-order valence-corrected chi connectivity index (χ2v) is 6.97. The van der Waals surface area contributed by atoms with Crippen LogP contribution in [0.2, 0.25) is 0 Å². The van der Waals surface area contributed by atoms with E-state index in [2.05, 4.69) is 19.2 Å². The summed E-state index contributed by atoms with van der Waals surface area (Å²) in [5.74, 6) is 1.65. The lowest BCUT2D eigenvalue weighted by molar-refractivity contribution is -0.133. The SMILES string of the molecule is CC1CCC(CN)(C(=O)N[C@H](C)C2CCCC2)CC1. The zero-order valence-electron chi connectivity index (χ0n) is 12.6. The van der Waals surface area contributed by atoms with Crippen molar-refractivity contribution in [2.45, 2.75) is 71.3 Å². The number of nitrogens with one attached hydrogen (secondary N) is 1. The van der Waals surface area contributed by atoms with Crippen LogP contribution in [-0.2, 0) is 4.79 Å². The smallest absolute Gasteiger partial charge is 0.227 e. The van der Waals surface area contributed by atoms with Gasteiger partial charge in [-0.25, -0.2) is 0 Å². The van der Waals surface area contributed by atoms with Crippen molar-refractivity contribution in [2.75, 3.05) is 6.54 Å². The molecule has 3 heteroatoms. The Labute approximate surface area is 117 Å². The van der Waals surface area contributed by atoms with Gasteiger partial charge in [-0.1, -0.05) is 19.8 Å². The quantitative estimate of drug-likeness (QED) is 0.822. The highest BCUT2D eigenvalue weighted by Crippen LogP contribution is 2.38. The fourth-order valence-electron chi connectivity index (χ4n) is 3.77. The zero-order chi connectivity index (χ0) is 13.9. The number of amides is 1. The number of carbonyl (C=O) groups is 1. The van der Waals surface area contributed by atoms with Crippen LogP contribution in [0, 0.1) is 17.3 Å². The largest absolute Gasteiger partial charge is 0.353 e. The molecule has 2 saturated carbocycles. The predicted molar refractivity (Wildman–Crippen MR) is 78.7 cm³/mol. The molecule has 0 aromatic heterocycles. The highest BCUT2D eigenvalue weighted by atomic mass is 16.2. The molecule has 19 heavy (non-hydrogen) atoms. The van der Waals surface area contributed by atoms with Crippen molar-refractivity contribution in [1.82, 2.24) is 5.32 Å². The Bertz CT molecular complexity index is 302. The van der Waals surface area contributed by atoms with E-state index in [1.54, 1.807) is 0 Å². The van der Waals surface area contributed by atoms with Gasteiger partial charge in [-0.15, -0.1) is 0 Å². The van der Waals surface area contributed by atoms with Gasteiger partial charge in [0.1, 0.15) is 0 Å². The third-order valence-corrected chi connectivity index (χ3v) is 5.57. The van der Waals surface area contributed by atoms with Crippen molar-refractivity contribution in [2.24, 2.45) is 23.0 Å². The van der Waals surface area contributed by atoms with Gasteiger partial charge in [0.25, 0.3) is 0 Å². The number of rotatable bonds is 4. The van der Waals surface area contributed by atoms with Crippen LogP contribution in [0.3, 0.4) is 0 Å². The lowest BCUT2D eigenvalue weighted by Crippen LogP contribution is -2.51. The van der Waals surface area contributed by atoms with Crippen molar-refractivity contribution < 1.29 is 4.79 Å². The Kier molecular flexibility index (Phi) is 4.88. The summed E-state index contributed by atoms with van der Waals surface area (Å²) >= 11 is 0. The summed E-state index contributed by atoms with van der Waals surface area (Å²) in [5.41, 5.74) is 5.67. The maximum absolute atomic E-state index is 12.6. The van der Waals surface area contributed by atoms with Crippen molar-refractivity contribution in [3.8, 4) is 0 Å². The average Bonchev–Trinajstić information content (AvgIpc) is 2.94. The molecule has 0 unspecified atom stereocenters. The summed E-state index contributed by atoms with van der Waals surface area (Å²) in [6.07, 6.45) is 9.41. The van der Waals surface area contributed by atoms with E-state index in [0.29, 0.717) is 18.5 Å².